The minimum atomic E-state index is -0.475. The first kappa shape index (κ1) is 16.4. The van der Waals surface area contributed by atoms with E-state index < -0.39 is 4.92 Å². The number of aryl methyl sites for hydroxylation is 1. The van der Waals surface area contributed by atoms with E-state index >= 15 is 0 Å². The molecule has 3 N–H and O–H groups in total. The molecule has 6 nitrogen and oxygen atoms in total. The first-order valence-corrected chi connectivity index (χ1v) is 6.28. The van der Waals surface area contributed by atoms with Crippen LogP contribution >= 0.6 is 12.4 Å². The Morgan fingerprint density at radius 3 is 2.70 bits per heavy atom. The van der Waals surface area contributed by atoms with Crippen molar-refractivity contribution in [2.75, 3.05) is 6.54 Å². The Hall–Kier alpha value is -1.66. The lowest BCUT2D eigenvalue weighted by atomic mass is 10.1. The summed E-state index contributed by atoms with van der Waals surface area (Å²) >= 11 is 0. The maximum Gasteiger partial charge on any atom is 0.269 e. The third-order valence-corrected chi connectivity index (χ3v) is 3.39. The minimum absolute atomic E-state index is 0. The number of nitrogens with two attached hydrogens (primary N) is 1. The van der Waals surface area contributed by atoms with Crippen molar-refractivity contribution in [1.29, 1.82) is 0 Å². The fraction of sp³-hybridized carbons (Fsp3) is 0.462. The highest BCUT2D eigenvalue weighted by Crippen LogP contribution is 2.31. The SMILES string of the molecule is Cc1cc([N+](=O)[O-])ccc1C(=O)NCC(N)C1CC1.Cl. The smallest absolute Gasteiger partial charge is 0.269 e. The van der Waals surface area contributed by atoms with E-state index in [0.29, 0.717) is 23.6 Å². The number of non-ortho nitro benzene ring substituents is 1. The van der Waals surface area contributed by atoms with Crippen molar-refractivity contribution in [3.63, 3.8) is 0 Å². The predicted molar refractivity (Wildman–Crippen MR) is 78.1 cm³/mol. The van der Waals surface area contributed by atoms with Crippen LogP contribution in [-0.2, 0) is 0 Å². The summed E-state index contributed by atoms with van der Waals surface area (Å²) in [5, 5.41) is 13.4. The summed E-state index contributed by atoms with van der Waals surface area (Å²) in [4.78, 5) is 22.1. The van der Waals surface area contributed by atoms with Gasteiger partial charge in [-0.3, -0.25) is 14.9 Å². The molecule has 0 aromatic heterocycles. The Labute approximate surface area is 123 Å². The summed E-state index contributed by atoms with van der Waals surface area (Å²) in [7, 11) is 0. The molecule has 0 radical (unpaired) electrons. The van der Waals surface area contributed by atoms with Crippen molar-refractivity contribution in [2.24, 2.45) is 11.7 Å². The zero-order valence-electron chi connectivity index (χ0n) is 11.2. The number of nitro benzene ring substituents is 1. The van der Waals surface area contributed by atoms with Crippen molar-refractivity contribution in [2.45, 2.75) is 25.8 Å². The second-order valence-electron chi connectivity index (χ2n) is 4.97. The lowest BCUT2D eigenvalue weighted by molar-refractivity contribution is -0.384. The van der Waals surface area contributed by atoms with Gasteiger partial charge in [-0.2, -0.15) is 0 Å². The van der Waals surface area contributed by atoms with Crippen LogP contribution in [0.15, 0.2) is 18.2 Å². The lowest BCUT2D eigenvalue weighted by Crippen LogP contribution is -2.38. The molecule has 1 saturated carbocycles. The average Bonchev–Trinajstić information content (AvgIpc) is 3.19. The van der Waals surface area contributed by atoms with E-state index in [1.807, 2.05) is 0 Å². The molecule has 1 aromatic carbocycles. The Balaban J connectivity index is 0.00000200. The van der Waals surface area contributed by atoms with Gasteiger partial charge in [-0.1, -0.05) is 0 Å². The number of nitrogens with zero attached hydrogens (tertiary/aromatic N) is 1. The molecule has 0 heterocycles. The van der Waals surface area contributed by atoms with Gasteiger partial charge in [0.15, 0.2) is 0 Å². The zero-order chi connectivity index (χ0) is 14.0. The molecule has 0 aliphatic heterocycles. The molecule has 7 heteroatoms. The quantitative estimate of drug-likeness (QED) is 0.639. The van der Waals surface area contributed by atoms with Crippen LogP contribution in [0.5, 0.6) is 0 Å². The molecule has 20 heavy (non-hydrogen) atoms. The van der Waals surface area contributed by atoms with E-state index in [1.54, 1.807) is 6.92 Å². The van der Waals surface area contributed by atoms with Gasteiger partial charge in [-0.25, -0.2) is 0 Å². The van der Waals surface area contributed by atoms with Crippen molar-refractivity contribution in [3.05, 3.63) is 39.4 Å². The third-order valence-electron chi connectivity index (χ3n) is 3.39. The van der Waals surface area contributed by atoms with Gasteiger partial charge >= 0.3 is 0 Å². The zero-order valence-corrected chi connectivity index (χ0v) is 12.0. The second kappa shape index (κ2) is 6.67. The van der Waals surface area contributed by atoms with Crippen LogP contribution in [0.25, 0.3) is 0 Å². The van der Waals surface area contributed by atoms with E-state index in [0.717, 1.165) is 12.8 Å². The van der Waals surface area contributed by atoms with E-state index in [2.05, 4.69) is 5.32 Å². The molecule has 1 fully saturated rings. The van der Waals surface area contributed by atoms with Gasteiger partial charge in [0.05, 0.1) is 4.92 Å². The summed E-state index contributed by atoms with van der Waals surface area (Å²) < 4.78 is 0. The summed E-state index contributed by atoms with van der Waals surface area (Å²) in [6.45, 7) is 2.13. The molecule has 0 spiro atoms. The normalized spacial score (nSPS) is 15.1. The number of halogens is 1. The van der Waals surface area contributed by atoms with Gasteiger partial charge in [0.1, 0.15) is 0 Å². The highest BCUT2D eigenvalue weighted by Gasteiger charge is 2.28. The number of nitro groups is 1. The number of amides is 1. The topological polar surface area (TPSA) is 98.3 Å². The molecule has 0 bridgehead atoms. The molecule has 1 aliphatic rings. The molecular formula is C13H18ClN3O3. The lowest BCUT2D eigenvalue weighted by Gasteiger charge is -2.12. The predicted octanol–water partition coefficient (Wildman–Crippen LogP) is 1.79. The monoisotopic (exact) mass is 299 g/mol. The molecule has 1 aliphatic carbocycles. The number of hydrogen-bond acceptors (Lipinski definition) is 4. The summed E-state index contributed by atoms with van der Waals surface area (Å²) in [5.74, 6) is 0.293. The van der Waals surface area contributed by atoms with Crippen LogP contribution < -0.4 is 11.1 Å². The molecule has 110 valence electrons. The maximum atomic E-state index is 12.0. The third kappa shape index (κ3) is 3.91. The fourth-order valence-electron chi connectivity index (χ4n) is 2.01. The van der Waals surface area contributed by atoms with Crippen LogP contribution in [0, 0.1) is 23.0 Å². The molecule has 2 rings (SSSR count). The summed E-state index contributed by atoms with van der Waals surface area (Å²) in [5.41, 5.74) is 6.93. The van der Waals surface area contributed by atoms with Crippen LogP contribution in [0.2, 0.25) is 0 Å². The van der Waals surface area contributed by atoms with Gasteiger partial charge in [0.2, 0.25) is 0 Å². The Kier molecular flexibility index (Phi) is 5.47. The average molecular weight is 300 g/mol. The Morgan fingerprint density at radius 2 is 2.20 bits per heavy atom. The van der Waals surface area contributed by atoms with Crippen LogP contribution in [0.1, 0.15) is 28.8 Å². The first-order valence-electron chi connectivity index (χ1n) is 6.28. The van der Waals surface area contributed by atoms with Crippen molar-refractivity contribution in [1.82, 2.24) is 5.32 Å². The van der Waals surface area contributed by atoms with Crippen LogP contribution in [-0.4, -0.2) is 23.4 Å². The Bertz CT molecular complexity index is 518. The first-order chi connectivity index (χ1) is 8.99. The van der Waals surface area contributed by atoms with Gasteiger partial charge in [-0.15, -0.1) is 12.4 Å². The van der Waals surface area contributed by atoms with E-state index in [4.69, 9.17) is 5.73 Å². The van der Waals surface area contributed by atoms with Crippen LogP contribution in [0.3, 0.4) is 0 Å². The summed E-state index contributed by atoms with van der Waals surface area (Å²) in [6, 6.07) is 4.21. The molecule has 1 aromatic rings. The standard InChI is InChI=1S/C13H17N3O3.ClH/c1-8-6-10(16(18)19)4-5-11(8)13(17)15-7-12(14)9-2-3-9;/h4-6,9,12H,2-3,7,14H2,1H3,(H,15,17);1H. The minimum Gasteiger partial charge on any atom is -0.350 e. The van der Waals surface area contributed by atoms with Gasteiger partial charge in [-0.05, 0) is 37.3 Å². The number of carbonyl (C=O) groups is 1. The van der Waals surface area contributed by atoms with Crippen molar-refractivity contribution >= 4 is 24.0 Å². The highest BCUT2D eigenvalue weighted by molar-refractivity contribution is 5.95. The molecule has 1 unspecified atom stereocenters. The van der Waals surface area contributed by atoms with Crippen LogP contribution in [0.4, 0.5) is 5.69 Å². The molecule has 0 saturated heterocycles. The Morgan fingerprint density at radius 1 is 1.55 bits per heavy atom. The summed E-state index contributed by atoms with van der Waals surface area (Å²) in [6.07, 6.45) is 2.27. The van der Waals surface area contributed by atoms with Gasteiger partial charge in [0.25, 0.3) is 11.6 Å². The largest absolute Gasteiger partial charge is 0.350 e. The number of carbonyl (C=O) groups excluding carboxylic acids is 1. The van der Waals surface area contributed by atoms with E-state index in [1.165, 1.54) is 18.2 Å². The second-order valence-corrected chi connectivity index (χ2v) is 4.97. The highest BCUT2D eigenvalue weighted by atomic mass is 35.5. The van der Waals surface area contributed by atoms with Crippen molar-refractivity contribution in [3.8, 4) is 0 Å². The van der Waals surface area contributed by atoms with Gasteiger partial charge < -0.3 is 11.1 Å². The van der Waals surface area contributed by atoms with Gasteiger partial charge in [0, 0.05) is 30.3 Å². The number of hydrogen-bond donors (Lipinski definition) is 2. The molecular weight excluding hydrogens is 282 g/mol. The maximum absolute atomic E-state index is 12.0. The van der Waals surface area contributed by atoms with E-state index in [9.17, 15) is 14.9 Å². The number of rotatable bonds is 5. The fourth-order valence-corrected chi connectivity index (χ4v) is 2.01. The number of benzene rings is 1. The number of nitrogens with one attached hydrogen (secondary N) is 1. The van der Waals surface area contributed by atoms with E-state index in [-0.39, 0.29) is 30.0 Å². The molecule has 1 atom stereocenters. The molecule has 1 amide bonds. The van der Waals surface area contributed by atoms with Crippen molar-refractivity contribution < 1.29 is 9.72 Å².